The molecule has 0 spiro atoms. The fourth-order valence-corrected chi connectivity index (χ4v) is 3.37. The number of carbonyl (C=O) groups is 2. The first-order valence-corrected chi connectivity index (χ1v) is 8.63. The van der Waals surface area contributed by atoms with Gasteiger partial charge in [0.2, 0.25) is 11.8 Å². The van der Waals surface area contributed by atoms with Crippen LogP contribution >= 0.6 is 0 Å². The summed E-state index contributed by atoms with van der Waals surface area (Å²) < 4.78 is 5.41. The molecule has 0 radical (unpaired) electrons. The highest BCUT2D eigenvalue weighted by molar-refractivity contribution is 5.96. The predicted octanol–water partition coefficient (Wildman–Crippen LogP) is 1.72. The largest absolute Gasteiger partial charge is 0.378 e. The lowest BCUT2D eigenvalue weighted by atomic mass is 9.97. The third-order valence-electron chi connectivity index (χ3n) is 4.75. The summed E-state index contributed by atoms with van der Waals surface area (Å²) in [4.78, 5) is 28.2. The Morgan fingerprint density at radius 3 is 2.67 bits per heavy atom. The number of ether oxygens (including phenoxy) is 1. The molecule has 1 aromatic rings. The van der Waals surface area contributed by atoms with Gasteiger partial charge in [0.25, 0.3) is 0 Å². The smallest absolute Gasteiger partial charge is 0.229 e. The number of benzene rings is 1. The van der Waals surface area contributed by atoms with Crippen molar-refractivity contribution in [3.63, 3.8) is 0 Å². The molecule has 0 aromatic heterocycles. The minimum atomic E-state index is -0.139. The number of amides is 2. The number of piperidine rings is 1. The summed E-state index contributed by atoms with van der Waals surface area (Å²) >= 11 is 0. The Morgan fingerprint density at radius 1 is 1.17 bits per heavy atom. The van der Waals surface area contributed by atoms with Gasteiger partial charge >= 0.3 is 0 Å². The summed E-state index contributed by atoms with van der Waals surface area (Å²) in [6, 6.07) is 7.89. The summed E-state index contributed by atoms with van der Waals surface area (Å²) in [5.41, 5.74) is 1.87. The SMILES string of the molecule is CC(=O)N1CCCC(C(=O)Nc2ccccc2N2CCOCC2)C1. The van der Waals surface area contributed by atoms with Gasteiger partial charge in [-0.05, 0) is 25.0 Å². The van der Waals surface area contributed by atoms with Crippen LogP contribution in [0.15, 0.2) is 24.3 Å². The Balaban J connectivity index is 1.69. The lowest BCUT2D eigenvalue weighted by Gasteiger charge is -2.33. The maximum absolute atomic E-state index is 12.7. The number of nitrogens with zero attached hydrogens (tertiary/aromatic N) is 2. The van der Waals surface area contributed by atoms with E-state index in [1.54, 1.807) is 11.8 Å². The maximum Gasteiger partial charge on any atom is 0.229 e. The van der Waals surface area contributed by atoms with Crippen molar-refractivity contribution in [1.82, 2.24) is 4.90 Å². The second kappa shape index (κ2) is 7.66. The van der Waals surface area contributed by atoms with Gasteiger partial charge in [-0.1, -0.05) is 12.1 Å². The van der Waals surface area contributed by atoms with E-state index < -0.39 is 0 Å². The van der Waals surface area contributed by atoms with Gasteiger partial charge in [-0.2, -0.15) is 0 Å². The predicted molar refractivity (Wildman–Crippen MR) is 93.1 cm³/mol. The molecular weight excluding hydrogens is 306 g/mol. The van der Waals surface area contributed by atoms with Gasteiger partial charge in [-0.25, -0.2) is 0 Å². The summed E-state index contributed by atoms with van der Waals surface area (Å²) in [5, 5.41) is 3.08. The van der Waals surface area contributed by atoms with Crippen LogP contribution < -0.4 is 10.2 Å². The van der Waals surface area contributed by atoms with Crippen molar-refractivity contribution < 1.29 is 14.3 Å². The molecule has 2 aliphatic rings. The Morgan fingerprint density at radius 2 is 1.92 bits per heavy atom. The molecule has 0 bridgehead atoms. The van der Waals surface area contributed by atoms with E-state index in [0.717, 1.165) is 43.9 Å². The Bertz CT molecular complexity index is 599. The van der Waals surface area contributed by atoms with E-state index in [1.165, 1.54) is 0 Å². The third kappa shape index (κ3) is 3.87. The average Bonchev–Trinajstić information content (AvgIpc) is 2.63. The minimum Gasteiger partial charge on any atom is -0.378 e. The molecule has 3 rings (SSSR count). The average molecular weight is 331 g/mol. The monoisotopic (exact) mass is 331 g/mol. The maximum atomic E-state index is 12.7. The molecule has 2 amide bonds. The van der Waals surface area contributed by atoms with Gasteiger partial charge in [0.15, 0.2) is 0 Å². The van der Waals surface area contributed by atoms with Gasteiger partial charge in [0.1, 0.15) is 0 Å². The molecule has 6 heteroatoms. The van der Waals surface area contributed by atoms with Gasteiger partial charge in [0, 0.05) is 33.1 Å². The number of para-hydroxylation sites is 2. The lowest BCUT2D eigenvalue weighted by Crippen LogP contribution is -2.43. The molecule has 6 nitrogen and oxygen atoms in total. The van der Waals surface area contributed by atoms with E-state index in [9.17, 15) is 9.59 Å². The number of anilines is 2. The molecule has 2 aliphatic heterocycles. The first-order valence-electron chi connectivity index (χ1n) is 8.63. The van der Waals surface area contributed by atoms with Crippen molar-refractivity contribution >= 4 is 23.2 Å². The van der Waals surface area contributed by atoms with Crippen molar-refractivity contribution in [3.8, 4) is 0 Å². The molecule has 130 valence electrons. The molecule has 1 atom stereocenters. The van der Waals surface area contributed by atoms with E-state index >= 15 is 0 Å². The second-order valence-corrected chi connectivity index (χ2v) is 6.41. The highest BCUT2D eigenvalue weighted by atomic mass is 16.5. The normalized spacial score (nSPS) is 21.5. The number of rotatable bonds is 3. The molecule has 24 heavy (non-hydrogen) atoms. The molecular formula is C18H25N3O3. The molecule has 2 heterocycles. The number of morpholine rings is 1. The fourth-order valence-electron chi connectivity index (χ4n) is 3.37. The van der Waals surface area contributed by atoms with E-state index in [0.29, 0.717) is 19.8 Å². The molecule has 1 aromatic carbocycles. The Kier molecular flexibility index (Phi) is 5.35. The van der Waals surface area contributed by atoms with Crippen LogP contribution in [-0.2, 0) is 14.3 Å². The van der Waals surface area contributed by atoms with Crippen LogP contribution in [0.4, 0.5) is 11.4 Å². The lowest BCUT2D eigenvalue weighted by molar-refractivity contribution is -0.132. The number of hydrogen-bond acceptors (Lipinski definition) is 4. The van der Waals surface area contributed by atoms with Crippen LogP contribution in [0.3, 0.4) is 0 Å². The number of hydrogen-bond donors (Lipinski definition) is 1. The van der Waals surface area contributed by atoms with Crippen molar-refractivity contribution in [2.45, 2.75) is 19.8 Å². The van der Waals surface area contributed by atoms with E-state index in [-0.39, 0.29) is 17.7 Å². The van der Waals surface area contributed by atoms with Crippen LogP contribution in [0.1, 0.15) is 19.8 Å². The zero-order valence-corrected chi connectivity index (χ0v) is 14.2. The van der Waals surface area contributed by atoms with Gasteiger partial charge in [0.05, 0.1) is 30.5 Å². The first kappa shape index (κ1) is 16.8. The van der Waals surface area contributed by atoms with E-state index in [2.05, 4.69) is 10.2 Å². The topological polar surface area (TPSA) is 61.9 Å². The highest BCUT2D eigenvalue weighted by Crippen LogP contribution is 2.27. The first-order chi connectivity index (χ1) is 11.6. The number of likely N-dealkylation sites (tertiary alicyclic amines) is 1. The zero-order chi connectivity index (χ0) is 16.9. The van der Waals surface area contributed by atoms with Crippen molar-refractivity contribution in [3.05, 3.63) is 24.3 Å². The summed E-state index contributed by atoms with van der Waals surface area (Å²) in [5.74, 6) is -0.0942. The van der Waals surface area contributed by atoms with Crippen LogP contribution in [0, 0.1) is 5.92 Å². The standard InChI is InChI=1S/C18H25N3O3/c1-14(22)21-8-4-5-15(13-21)18(23)19-16-6-2-3-7-17(16)20-9-11-24-12-10-20/h2-3,6-7,15H,4-5,8-13H2,1H3,(H,19,23). The quantitative estimate of drug-likeness (QED) is 0.916. The van der Waals surface area contributed by atoms with E-state index in [1.807, 2.05) is 24.3 Å². The Hall–Kier alpha value is -2.08. The summed E-state index contributed by atoms with van der Waals surface area (Å²) in [6.45, 7) is 5.90. The molecule has 2 fully saturated rings. The zero-order valence-electron chi connectivity index (χ0n) is 14.2. The summed E-state index contributed by atoms with van der Waals surface area (Å²) in [6.07, 6.45) is 1.71. The van der Waals surface area contributed by atoms with Gasteiger partial charge < -0.3 is 19.9 Å². The fraction of sp³-hybridized carbons (Fsp3) is 0.556. The second-order valence-electron chi connectivity index (χ2n) is 6.41. The van der Waals surface area contributed by atoms with Crippen molar-refractivity contribution in [2.75, 3.05) is 49.6 Å². The van der Waals surface area contributed by atoms with Gasteiger partial charge in [-0.15, -0.1) is 0 Å². The molecule has 1 N–H and O–H groups in total. The molecule has 0 saturated carbocycles. The van der Waals surface area contributed by atoms with Crippen LogP contribution in [0.2, 0.25) is 0 Å². The third-order valence-corrected chi connectivity index (χ3v) is 4.75. The molecule has 1 unspecified atom stereocenters. The molecule has 2 saturated heterocycles. The summed E-state index contributed by atoms with van der Waals surface area (Å²) in [7, 11) is 0. The van der Waals surface area contributed by atoms with Crippen LogP contribution in [-0.4, -0.2) is 56.1 Å². The van der Waals surface area contributed by atoms with Crippen molar-refractivity contribution in [1.29, 1.82) is 0 Å². The highest BCUT2D eigenvalue weighted by Gasteiger charge is 2.27. The number of nitrogens with one attached hydrogen (secondary N) is 1. The van der Waals surface area contributed by atoms with Crippen LogP contribution in [0.25, 0.3) is 0 Å². The molecule has 0 aliphatic carbocycles. The van der Waals surface area contributed by atoms with Crippen LogP contribution in [0.5, 0.6) is 0 Å². The Labute approximate surface area is 142 Å². The van der Waals surface area contributed by atoms with E-state index in [4.69, 9.17) is 4.74 Å². The van der Waals surface area contributed by atoms with Gasteiger partial charge in [-0.3, -0.25) is 9.59 Å². The van der Waals surface area contributed by atoms with Crippen molar-refractivity contribution in [2.24, 2.45) is 5.92 Å². The minimum absolute atomic E-state index is 0.00154. The number of carbonyl (C=O) groups excluding carboxylic acids is 2.